The zero-order valence-electron chi connectivity index (χ0n) is 18.3. The summed E-state index contributed by atoms with van der Waals surface area (Å²) in [6.45, 7) is 0.525. The highest BCUT2D eigenvalue weighted by atomic mass is 19.1. The number of aromatic nitrogens is 5. The molecule has 0 fully saturated rings. The predicted molar refractivity (Wildman–Crippen MR) is 129 cm³/mol. The summed E-state index contributed by atoms with van der Waals surface area (Å²) in [6, 6.07) is 14.0. The molecule has 0 amide bonds. The molecule has 0 bridgehead atoms. The number of rotatable bonds is 5. The van der Waals surface area contributed by atoms with E-state index >= 15 is 0 Å². The highest BCUT2D eigenvalue weighted by Gasteiger charge is 2.14. The van der Waals surface area contributed by atoms with E-state index in [1.165, 1.54) is 12.1 Å². The summed E-state index contributed by atoms with van der Waals surface area (Å²) in [7, 11) is 1.65. The zero-order valence-corrected chi connectivity index (χ0v) is 18.3. The quantitative estimate of drug-likeness (QED) is 0.414. The summed E-state index contributed by atoms with van der Waals surface area (Å²) < 4.78 is 22.0. The van der Waals surface area contributed by atoms with E-state index in [9.17, 15) is 9.18 Å². The molecule has 0 aliphatic carbocycles. The lowest BCUT2D eigenvalue weighted by Gasteiger charge is -2.08. The average Bonchev–Trinajstić information content (AvgIpc) is 3.48. The fraction of sp³-hybridized carbons (Fsp3) is 0.115. The van der Waals surface area contributed by atoms with Crippen LogP contribution in [0.2, 0.25) is 0 Å². The Kier molecular flexibility index (Phi) is 4.65. The van der Waals surface area contributed by atoms with Crippen LogP contribution in [0, 0.1) is 5.82 Å². The van der Waals surface area contributed by atoms with Crippen LogP contribution in [-0.2, 0) is 13.0 Å². The van der Waals surface area contributed by atoms with Crippen LogP contribution in [0.5, 0.6) is 5.75 Å². The number of hydrogen-bond acceptors (Lipinski definition) is 4. The van der Waals surface area contributed by atoms with Crippen molar-refractivity contribution >= 4 is 27.5 Å². The maximum atomic E-state index is 13.3. The molecule has 168 valence electrons. The summed E-state index contributed by atoms with van der Waals surface area (Å²) in [5.41, 5.74) is 4.91. The number of nitrogens with zero attached hydrogens (tertiary/aromatic N) is 4. The van der Waals surface area contributed by atoms with E-state index in [2.05, 4.69) is 15.1 Å². The maximum absolute atomic E-state index is 13.3. The molecule has 34 heavy (non-hydrogen) atoms. The van der Waals surface area contributed by atoms with Gasteiger partial charge in [0.2, 0.25) is 0 Å². The van der Waals surface area contributed by atoms with Crippen LogP contribution in [0.3, 0.4) is 0 Å². The first-order valence-electron chi connectivity index (χ1n) is 10.9. The number of aryl methyl sites for hydroxylation is 2. The molecule has 0 unspecified atom stereocenters. The Hall–Kier alpha value is -4.46. The van der Waals surface area contributed by atoms with E-state index in [0.717, 1.165) is 33.3 Å². The van der Waals surface area contributed by atoms with Crippen LogP contribution in [0.1, 0.15) is 5.56 Å². The van der Waals surface area contributed by atoms with Gasteiger partial charge in [-0.2, -0.15) is 5.10 Å². The Labute approximate surface area is 193 Å². The van der Waals surface area contributed by atoms with Crippen LogP contribution in [-0.4, -0.2) is 31.3 Å². The molecule has 1 N–H and O–H groups in total. The third-order valence-corrected chi connectivity index (χ3v) is 6.22. The van der Waals surface area contributed by atoms with Crippen molar-refractivity contribution in [3.8, 4) is 16.9 Å². The first-order chi connectivity index (χ1) is 16.6. The highest BCUT2D eigenvalue weighted by Crippen LogP contribution is 2.26. The van der Waals surface area contributed by atoms with Crippen molar-refractivity contribution in [1.82, 2.24) is 24.1 Å². The molecule has 0 saturated heterocycles. The molecule has 0 atom stereocenters. The lowest BCUT2D eigenvalue weighted by Crippen LogP contribution is -2.21. The van der Waals surface area contributed by atoms with E-state index in [4.69, 9.17) is 4.74 Å². The first kappa shape index (κ1) is 20.2. The molecular weight excluding hydrogens is 433 g/mol. The Morgan fingerprint density at radius 3 is 2.74 bits per heavy atom. The molecule has 0 radical (unpaired) electrons. The third-order valence-electron chi connectivity index (χ3n) is 6.22. The molecular formula is C26H20FN5O2. The molecule has 8 heteroatoms. The van der Waals surface area contributed by atoms with Gasteiger partial charge >= 0.3 is 0 Å². The number of methoxy groups -OCH3 is 1. The number of pyridine rings is 1. The largest absolute Gasteiger partial charge is 0.497 e. The van der Waals surface area contributed by atoms with Crippen LogP contribution in [0.15, 0.2) is 78.1 Å². The second kappa shape index (κ2) is 7.84. The molecule has 4 aromatic heterocycles. The molecule has 2 aromatic carbocycles. The van der Waals surface area contributed by atoms with Crippen molar-refractivity contribution in [3.05, 3.63) is 95.1 Å². The number of benzene rings is 2. The molecule has 6 rings (SSSR count). The summed E-state index contributed by atoms with van der Waals surface area (Å²) in [5.74, 6) is 0.497. The van der Waals surface area contributed by atoms with Crippen molar-refractivity contribution < 1.29 is 9.13 Å². The van der Waals surface area contributed by atoms with E-state index in [1.54, 1.807) is 46.9 Å². The number of halogens is 1. The fourth-order valence-electron chi connectivity index (χ4n) is 4.40. The Morgan fingerprint density at radius 1 is 1.06 bits per heavy atom. The summed E-state index contributed by atoms with van der Waals surface area (Å²) in [6.07, 6.45) is 7.73. The van der Waals surface area contributed by atoms with Crippen LogP contribution in [0.4, 0.5) is 4.39 Å². The van der Waals surface area contributed by atoms with Gasteiger partial charge in [-0.05, 0) is 53.9 Å². The average molecular weight is 453 g/mol. The second-order valence-electron chi connectivity index (χ2n) is 8.15. The van der Waals surface area contributed by atoms with Gasteiger partial charge in [0.1, 0.15) is 11.6 Å². The smallest absolute Gasteiger partial charge is 0.261 e. The van der Waals surface area contributed by atoms with Crippen molar-refractivity contribution in [3.63, 3.8) is 0 Å². The molecule has 0 aliphatic rings. The fourth-order valence-corrected chi connectivity index (χ4v) is 4.40. The predicted octanol–water partition coefficient (Wildman–Crippen LogP) is 4.58. The molecule has 6 aromatic rings. The Bertz CT molecular complexity index is 1730. The maximum Gasteiger partial charge on any atom is 0.261 e. The van der Waals surface area contributed by atoms with Gasteiger partial charge in [-0.3, -0.25) is 4.79 Å². The molecule has 0 saturated carbocycles. The van der Waals surface area contributed by atoms with Crippen LogP contribution < -0.4 is 10.3 Å². The molecule has 4 heterocycles. The Balaban J connectivity index is 1.35. The SMILES string of the molecule is COc1ccc2[nH]cc(CCn3ccc4c(cnc5c(-c6ccc(F)cc6)cnn54)c3=O)c2c1. The normalized spacial score (nSPS) is 11.6. The number of hydrogen-bond donors (Lipinski definition) is 1. The highest BCUT2D eigenvalue weighted by molar-refractivity contribution is 5.85. The van der Waals surface area contributed by atoms with Gasteiger partial charge < -0.3 is 14.3 Å². The van der Waals surface area contributed by atoms with Gasteiger partial charge in [0, 0.05) is 41.6 Å². The lowest BCUT2D eigenvalue weighted by atomic mass is 10.1. The monoisotopic (exact) mass is 453 g/mol. The van der Waals surface area contributed by atoms with E-state index in [1.807, 2.05) is 30.5 Å². The van der Waals surface area contributed by atoms with E-state index < -0.39 is 0 Å². The van der Waals surface area contributed by atoms with Gasteiger partial charge in [0.05, 0.1) is 24.2 Å². The summed E-state index contributed by atoms with van der Waals surface area (Å²) >= 11 is 0. The van der Waals surface area contributed by atoms with Gasteiger partial charge in [-0.25, -0.2) is 13.9 Å². The standard InChI is InChI=1S/C26H20FN5O2/c1-34-19-6-7-23-20(12-19)17(13-28-23)8-10-31-11-9-24-22(26(31)33)14-29-25-21(15-30-32(24)25)16-2-4-18(27)5-3-16/h2-7,9,11-15,28H,8,10H2,1H3. The van der Waals surface area contributed by atoms with Crippen molar-refractivity contribution in [2.24, 2.45) is 0 Å². The number of fused-ring (bicyclic) bond motifs is 4. The molecule has 0 aliphatic heterocycles. The Morgan fingerprint density at radius 2 is 1.91 bits per heavy atom. The third kappa shape index (κ3) is 3.23. The van der Waals surface area contributed by atoms with Crippen molar-refractivity contribution in [2.75, 3.05) is 7.11 Å². The van der Waals surface area contributed by atoms with Gasteiger partial charge in [-0.1, -0.05) is 12.1 Å². The van der Waals surface area contributed by atoms with Crippen LogP contribution in [0.25, 0.3) is 38.6 Å². The van der Waals surface area contributed by atoms with Gasteiger partial charge in [0.25, 0.3) is 5.56 Å². The number of ether oxygens (including phenoxy) is 1. The number of nitrogens with one attached hydrogen (secondary N) is 1. The van der Waals surface area contributed by atoms with Crippen LogP contribution >= 0.6 is 0 Å². The minimum atomic E-state index is -0.300. The topological polar surface area (TPSA) is 77.2 Å². The summed E-state index contributed by atoms with van der Waals surface area (Å²) in [4.78, 5) is 21.0. The molecule has 7 nitrogen and oxygen atoms in total. The van der Waals surface area contributed by atoms with E-state index in [-0.39, 0.29) is 11.4 Å². The first-order valence-corrected chi connectivity index (χ1v) is 10.9. The van der Waals surface area contributed by atoms with Crippen molar-refractivity contribution in [2.45, 2.75) is 13.0 Å². The number of H-pyrrole nitrogens is 1. The van der Waals surface area contributed by atoms with Crippen molar-refractivity contribution in [1.29, 1.82) is 0 Å². The minimum absolute atomic E-state index is 0.122. The lowest BCUT2D eigenvalue weighted by molar-refractivity contribution is 0.415. The van der Waals surface area contributed by atoms with Gasteiger partial charge in [0.15, 0.2) is 5.65 Å². The minimum Gasteiger partial charge on any atom is -0.497 e. The zero-order chi connectivity index (χ0) is 23.2. The molecule has 0 spiro atoms. The van der Waals surface area contributed by atoms with E-state index in [0.29, 0.717) is 29.5 Å². The number of aromatic amines is 1. The summed E-state index contributed by atoms with van der Waals surface area (Å²) in [5, 5.41) is 6.02. The second-order valence-corrected chi connectivity index (χ2v) is 8.15. The van der Waals surface area contributed by atoms with Gasteiger partial charge in [-0.15, -0.1) is 0 Å².